The maximum Gasteiger partial charge on any atom is 0.291 e. The molecule has 0 aromatic heterocycles. The Kier molecular flexibility index (Phi) is 3.20. The number of nitrogens with one attached hydrogen (secondary N) is 2. The van der Waals surface area contributed by atoms with Crippen molar-refractivity contribution in [2.45, 2.75) is 17.1 Å². The number of fused-ring (bicyclic) bond motifs is 1. The highest BCUT2D eigenvalue weighted by atomic mass is 79.9. The van der Waals surface area contributed by atoms with Gasteiger partial charge in [0.25, 0.3) is 4.82 Å². The third kappa shape index (κ3) is 2.38. The van der Waals surface area contributed by atoms with E-state index in [1.165, 1.54) is 11.8 Å². The van der Waals surface area contributed by atoms with Crippen LogP contribution in [0.3, 0.4) is 0 Å². The average Bonchev–Trinajstić information content (AvgIpc) is 2.19. The van der Waals surface area contributed by atoms with Gasteiger partial charge in [0, 0.05) is 26.5 Å². The Labute approximate surface area is 105 Å². The highest BCUT2D eigenvalue weighted by Gasteiger charge is 2.22. The normalized spacial score (nSPS) is 18.6. The first-order valence-corrected chi connectivity index (χ1v) is 6.31. The molecule has 6 heteroatoms. The zero-order valence-corrected chi connectivity index (χ0v) is 10.8. The minimum absolute atomic E-state index is 0.0141. The van der Waals surface area contributed by atoms with Crippen molar-refractivity contribution in [1.29, 1.82) is 0 Å². The molecule has 0 bridgehead atoms. The van der Waals surface area contributed by atoms with E-state index in [1.54, 1.807) is 12.1 Å². The molecule has 16 heavy (non-hydrogen) atoms. The Bertz CT molecular complexity index is 464. The van der Waals surface area contributed by atoms with Gasteiger partial charge in [-0.15, -0.1) is 11.8 Å². The molecule has 1 aromatic carbocycles. The Morgan fingerprint density at radius 3 is 3.00 bits per heavy atom. The van der Waals surface area contributed by atoms with E-state index in [0.717, 1.165) is 10.6 Å². The number of thioether (sulfide) groups is 1. The number of hydrogen-bond acceptors (Lipinski definition) is 3. The van der Waals surface area contributed by atoms with Crippen molar-refractivity contribution in [2.24, 2.45) is 0 Å². The molecule has 1 aromatic rings. The van der Waals surface area contributed by atoms with Crippen molar-refractivity contribution in [2.75, 3.05) is 10.6 Å². The van der Waals surface area contributed by atoms with Gasteiger partial charge in [0.2, 0.25) is 5.91 Å². The molecule has 1 unspecified atom stereocenters. The second-order valence-electron chi connectivity index (χ2n) is 3.36. The fraction of sp³-hybridized carbons (Fsp3) is 0.200. The van der Waals surface area contributed by atoms with Crippen LogP contribution in [0.15, 0.2) is 23.1 Å². The first-order chi connectivity index (χ1) is 7.56. The molecule has 2 N–H and O–H groups in total. The van der Waals surface area contributed by atoms with Crippen LogP contribution >= 0.6 is 27.7 Å². The lowest BCUT2D eigenvalue weighted by atomic mass is 10.2. The molecule has 1 aliphatic heterocycles. The fourth-order valence-electron chi connectivity index (χ4n) is 1.40. The van der Waals surface area contributed by atoms with Crippen LogP contribution in [-0.2, 0) is 4.79 Å². The molecule has 0 saturated carbocycles. The van der Waals surface area contributed by atoms with Crippen molar-refractivity contribution in [3.63, 3.8) is 0 Å². The summed E-state index contributed by atoms with van der Waals surface area (Å²) in [5.74, 6) is -0.0141. The maximum absolute atomic E-state index is 11.5. The number of benzene rings is 1. The molecule has 1 atom stereocenters. The summed E-state index contributed by atoms with van der Waals surface area (Å²) in [6, 6.07) is 5.43. The molecule has 2 amide bonds. The predicted molar refractivity (Wildman–Crippen MR) is 68.3 cm³/mol. The lowest BCUT2D eigenvalue weighted by Crippen LogP contribution is -2.26. The second-order valence-corrected chi connectivity index (χ2v) is 5.46. The van der Waals surface area contributed by atoms with Crippen LogP contribution in [0.4, 0.5) is 16.2 Å². The van der Waals surface area contributed by atoms with E-state index in [-0.39, 0.29) is 16.0 Å². The highest BCUT2D eigenvalue weighted by molar-refractivity contribution is 9.18. The van der Waals surface area contributed by atoms with Crippen molar-refractivity contribution in [1.82, 2.24) is 0 Å². The van der Waals surface area contributed by atoms with Gasteiger partial charge in [0.1, 0.15) is 0 Å². The maximum atomic E-state index is 11.5. The van der Waals surface area contributed by atoms with Crippen molar-refractivity contribution < 1.29 is 9.59 Å². The summed E-state index contributed by atoms with van der Waals surface area (Å²) in [4.78, 5) is 23.0. The number of amides is 2. The Morgan fingerprint density at radius 2 is 2.31 bits per heavy atom. The van der Waals surface area contributed by atoms with Gasteiger partial charge in [0.05, 0.1) is 10.9 Å². The predicted octanol–water partition coefficient (Wildman–Crippen LogP) is 3.05. The van der Waals surface area contributed by atoms with E-state index in [0.29, 0.717) is 5.69 Å². The lowest BCUT2D eigenvalue weighted by molar-refractivity contribution is -0.115. The first-order valence-electron chi connectivity index (χ1n) is 4.64. The Hall–Kier alpha value is -1.01. The van der Waals surface area contributed by atoms with Gasteiger partial charge in [-0.05, 0) is 25.1 Å². The number of halogens is 1. The highest BCUT2D eigenvalue weighted by Crippen LogP contribution is 2.36. The fourth-order valence-corrected chi connectivity index (χ4v) is 2.56. The zero-order chi connectivity index (χ0) is 11.7. The minimum Gasteiger partial charge on any atom is -0.324 e. The summed E-state index contributed by atoms with van der Waals surface area (Å²) in [6.07, 6.45) is 0. The largest absolute Gasteiger partial charge is 0.324 e. The quantitative estimate of drug-likeness (QED) is 0.619. The number of carbonyl (C=O) groups excluding carboxylic acids is 2. The van der Waals surface area contributed by atoms with E-state index in [4.69, 9.17) is 0 Å². The molecule has 84 valence electrons. The second kappa shape index (κ2) is 4.47. The van der Waals surface area contributed by atoms with Gasteiger partial charge in [-0.3, -0.25) is 9.59 Å². The smallest absolute Gasteiger partial charge is 0.291 e. The number of rotatable bonds is 1. The molecule has 0 spiro atoms. The Balaban J connectivity index is 2.29. The summed E-state index contributed by atoms with van der Waals surface area (Å²) in [5.41, 5.74) is 1.39. The van der Waals surface area contributed by atoms with E-state index < -0.39 is 0 Å². The molecule has 0 radical (unpaired) electrons. The minimum atomic E-state index is -0.310. The number of anilines is 2. The first kappa shape index (κ1) is 11.5. The van der Waals surface area contributed by atoms with Crippen molar-refractivity contribution in [3.05, 3.63) is 18.2 Å². The number of hydrogen-bond donors (Lipinski definition) is 2. The molecule has 1 aliphatic rings. The number of carbonyl (C=O) groups is 2. The third-order valence-corrected chi connectivity index (χ3v) is 3.53. The standard InChI is InChI=1S/C10H9BrN2O2S/c1-5-9(14)13-7-4-6(12-10(11)15)2-3-8(7)16-5/h2-5H,1H3,(H,12,15)(H,13,14). The SMILES string of the molecule is CC1Sc2ccc(NC(=O)Br)cc2NC1=O. The van der Waals surface area contributed by atoms with Crippen LogP contribution in [0.25, 0.3) is 0 Å². The zero-order valence-electron chi connectivity index (χ0n) is 8.41. The summed E-state index contributed by atoms with van der Waals surface area (Å²) < 4.78 is 0. The van der Waals surface area contributed by atoms with E-state index in [1.807, 2.05) is 13.0 Å². The van der Waals surface area contributed by atoms with E-state index in [2.05, 4.69) is 26.6 Å². The van der Waals surface area contributed by atoms with Crippen LogP contribution in [0.2, 0.25) is 0 Å². The molecule has 4 nitrogen and oxygen atoms in total. The molecule has 0 aliphatic carbocycles. The molecule has 0 saturated heterocycles. The topological polar surface area (TPSA) is 58.2 Å². The molecular formula is C10H9BrN2O2S. The third-order valence-electron chi connectivity index (χ3n) is 2.15. The monoisotopic (exact) mass is 300 g/mol. The van der Waals surface area contributed by atoms with Crippen molar-refractivity contribution in [3.8, 4) is 0 Å². The molecular weight excluding hydrogens is 292 g/mol. The molecule has 1 heterocycles. The van der Waals surface area contributed by atoms with Gasteiger partial charge in [-0.1, -0.05) is 0 Å². The molecule has 2 rings (SSSR count). The van der Waals surface area contributed by atoms with Gasteiger partial charge >= 0.3 is 0 Å². The summed E-state index contributed by atoms with van der Waals surface area (Å²) in [5, 5.41) is 5.32. The summed E-state index contributed by atoms with van der Waals surface area (Å²) in [7, 11) is 0. The van der Waals surface area contributed by atoms with Gasteiger partial charge < -0.3 is 10.6 Å². The molecule has 0 fully saturated rings. The van der Waals surface area contributed by atoms with Crippen LogP contribution in [0.1, 0.15) is 6.92 Å². The van der Waals surface area contributed by atoms with Gasteiger partial charge in [-0.2, -0.15) is 0 Å². The summed E-state index contributed by atoms with van der Waals surface area (Å²) in [6.45, 7) is 1.86. The van der Waals surface area contributed by atoms with E-state index in [9.17, 15) is 9.59 Å². The van der Waals surface area contributed by atoms with Crippen LogP contribution in [0.5, 0.6) is 0 Å². The Morgan fingerprint density at radius 1 is 1.56 bits per heavy atom. The van der Waals surface area contributed by atoms with Crippen LogP contribution in [-0.4, -0.2) is 16.0 Å². The van der Waals surface area contributed by atoms with Gasteiger partial charge in [0.15, 0.2) is 0 Å². The van der Waals surface area contributed by atoms with Gasteiger partial charge in [-0.25, -0.2) is 0 Å². The average molecular weight is 301 g/mol. The van der Waals surface area contributed by atoms with Crippen LogP contribution < -0.4 is 10.6 Å². The van der Waals surface area contributed by atoms with Crippen molar-refractivity contribution >= 4 is 49.8 Å². The lowest BCUT2D eigenvalue weighted by Gasteiger charge is -2.21. The summed E-state index contributed by atoms with van der Waals surface area (Å²) >= 11 is 4.30. The van der Waals surface area contributed by atoms with Crippen LogP contribution in [0, 0.1) is 0 Å². The van der Waals surface area contributed by atoms with E-state index >= 15 is 0 Å².